The Bertz CT molecular complexity index is 494. The quantitative estimate of drug-likeness (QED) is 0.832. The Balaban J connectivity index is 2.00. The van der Waals surface area contributed by atoms with Crippen molar-refractivity contribution < 1.29 is 14.7 Å². The third kappa shape index (κ3) is 4.08. The van der Waals surface area contributed by atoms with E-state index in [0.717, 1.165) is 25.1 Å². The Morgan fingerprint density at radius 3 is 2.70 bits per heavy atom. The molecule has 108 valence electrons. The molecule has 0 radical (unpaired) electrons. The summed E-state index contributed by atoms with van der Waals surface area (Å²) in [6.07, 6.45) is 3.69. The van der Waals surface area contributed by atoms with Gasteiger partial charge < -0.3 is 10.0 Å². The Hall–Kier alpha value is -1.84. The molecule has 0 heterocycles. The van der Waals surface area contributed by atoms with Gasteiger partial charge in [-0.05, 0) is 42.9 Å². The van der Waals surface area contributed by atoms with Crippen molar-refractivity contribution in [2.45, 2.75) is 32.6 Å². The number of rotatable bonds is 7. The van der Waals surface area contributed by atoms with E-state index in [4.69, 9.17) is 5.11 Å². The Morgan fingerprint density at radius 1 is 1.35 bits per heavy atom. The van der Waals surface area contributed by atoms with Gasteiger partial charge >= 0.3 is 5.97 Å². The lowest BCUT2D eigenvalue weighted by Crippen LogP contribution is -2.34. The third-order valence-electron chi connectivity index (χ3n) is 3.55. The van der Waals surface area contributed by atoms with Crippen LogP contribution in [0.1, 0.15) is 42.1 Å². The number of hydrogen-bond acceptors (Lipinski definition) is 2. The molecule has 1 N–H and O–H groups in total. The van der Waals surface area contributed by atoms with Crippen LogP contribution in [0.4, 0.5) is 0 Å². The minimum absolute atomic E-state index is 0.0984. The molecule has 4 heteroatoms. The molecular formula is C16H21NO3. The summed E-state index contributed by atoms with van der Waals surface area (Å²) in [7, 11) is 0. The van der Waals surface area contributed by atoms with Crippen LogP contribution in [0.3, 0.4) is 0 Å². The molecule has 2 rings (SSSR count). The van der Waals surface area contributed by atoms with Crippen LogP contribution in [0.2, 0.25) is 0 Å². The summed E-state index contributed by atoms with van der Waals surface area (Å²) in [5.74, 6) is -0.181. The molecule has 0 spiro atoms. The van der Waals surface area contributed by atoms with Crippen LogP contribution < -0.4 is 0 Å². The van der Waals surface area contributed by atoms with E-state index in [1.165, 1.54) is 12.8 Å². The van der Waals surface area contributed by atoms with Crippen LogP contribution >= 0.6 is 0 Å². The van der Waals surface area contributed by atoms with Gasteiger partial charge in [-0.2, -0.15) is 0 Å². The lowest BCUT2D eigenvalue weighted by atomic mass is 10.1. The van der Waals surface area contributed by atoms with Gasteiger partial charge in [0.05, 0.1) is 12.0 Å². The zero-order valence-electron chi connectivity index (χ0n) is 11.8. The predicted octanol–water partition coefficient (Wildman–Crippen LogP) is 2.58. The van der Waals surface area contributed by atoms with Crippen molar-refractivity contribution in [3.05, 3.63) is 35.4 Å². The van der Waals surface area contributed by atoms with E-state index in [-0.39, 0.29) is 17.9 Å². The molecule has 0 unspecified atom stereocenters. The highest BCUT2D eigenvalue weighted by Gasteiger charge is 2.26. The molecular weight excluding hydrogens is 254 g/mol. The van der Waals surface area contributed by atoms with Crippen molar-refractivity contribution in [3.63, 3.8) is 0 Å². The standard InChI is InChI=1S/C16H21NO3/c1-2-8-17(11-12-6-7-12)15(18)10-13-4-3-5-14(9-13)16(19)20/h3-5,9,12H,2,6-8,10-11H2,1H3,(H,19,20). The Labute approximate surface area is 119 Å². The highest BCUT2D eigenvalue weighted by atomic mass is 16.4. The van der Waals surface area contributed by atoms with Gasteiger partial charge in [0.1, 0.15) is 0 Å². The van der Waals surface area contributed by atoms with E-state index < -0.39 is 5.97 Å². The fourth-order valence-corrected chi connectivity index (χ4v) is 2.30. The summed E-state index contributed by atoms with van der Waals surface area (Å²) in [5.41, 5.74) is 1.01. The molecule has 20 heavy (non-hydrogen) atoms. The number of nitrogens with zero attached hydrogens (tertiary/aromatic N) is 1. The molecule has 1 aromatic carbocycles. The van der Waals surface area contributed by atoms with Gasteiger partial charge in [-0.3, -0.25) is 4.79 Å². The van der Waals surface area contributed by atoms with Crippen LogP contribution in [0.25, 0.3) is 0 Å². The maximum Gasteiger partial charge on any atom is 0.335 e. The number of carboxylic acid groups (broad SMARTS) is 1. The molecule has 1 fully saturated rings. The highest BCUT2D eigenvalue weighted by molar-refractivity contribution is 5.88. The largest absolute Gasteiger partial charge is 0.478 e. The molecule has 1 aromatic rings. The Kier molecular flexibility index (Phi) is 4.77. The number of amides is 1. The third-order valence-corrected chi connectivity index (χ3v) is 3.55. The number of benzene rings is 1. The van der Waals surface area contributed by atoms with Crippen LogP contribution in [0.15, 0.2) is 24.3 Å². The van der Waals surface area contributed by atoms with E-state index in [0.29, 0.717) is 5.92 Å². The fourth-order valence-electron chi connectivity index (χ4n) is 2.30. The lowest BCUT2D eigenvalue weighted by Gasteiger charge is -2.22. The molecule has 0 aliphatic heterocycles. The second kappa shape index (κ2) is 6.55. The lowest BCUT2D eigenvalue weighted by molar-refractivity contribution is -0.130. The summed E-state index contributed by atoms with van der Waals surface area (Å²) in [6.45, 7) is 3.71. The minimum atomic E-state index is -0.956. The van der Waals surface area contributed by atoms with Crippen LogP contribution in [0, 0.1) is 5.92 Å². The van der Waals surface area contributed by atoms with Crippen LogP contribution in [-0.2, 0) is 11.2 Å². The van der Waals surface area contributed by atoms with Crippen LogP contribution in [0.5, 0.6) is 0 Å². The molecule has 0 bridgehead atoms. The molecule has 1 aliphatic rings. The van der Waals surface area contributed by atoms with E-state index in [1.54, 1.807) is 18.2 Å². The summed E-state index contributed by atoms with van der Waals surface area (Å²) in [6, 6.07) is 6.63. The highest BCUT2D eigenvalue weighted by Crippen LogP contribution is 2.30. The Morgan fingerprint density at radius 2 is 2.10 bits per heavy atom. The van der Waals surface area contributed by atoms with Crippen molar-refractivity contribution in [3.8, 4) is 0 Å². The van der Waals surface area contributed by atoms with E-state index in [9.17, 15) is 9.59 Å². The first kappa shape index (κ1) is 14.6. The first-order chi connectivity index (χ1) is 9.60. The smallest absolute Gasteiger partial charge is 0.335 e. The molecule has 0 saturated heterocycles. The zero-order valence-corrected chi connectivity index (χ0v) is 11.8. The number of carbonyl (C=O) groups excluding carboxylic acids is 1. The molecule has 4 nitrogen and oxygen atoms in total. The van der Waals surface area contributed by atoms with E-state index >= 15 is 0 Å². The topological polar surface area (TPSA) is 57.6 Å². The number of carbonyl (C=O) groups is 2. The van der Waals surface area contributed by atoms with Crippen molar-refractivity contribution in [1.82, 2.24) is 4.90 Å². The minimum Gasteiger partial charge on any atom is -0.478 e. The van der Waals surface area contributed by atoms with Gasteiger partial charge in [-0.15, -0.1) is 0 Å². The first-order valence-corrected chi connectivity index (χ1v) is 7.20. The SMILES string of the molecule is CCCN(CC1CC1)C(=O)Cc1cccc(C(=O)O)c1. The fraction of sp³-hybridized carbons (Fsp3) is 0.500. The van der Waals surface area contributed by atoms with E-state index in [1.807, 2.05) is 11.0 Å². The van der Waals surface area contributed by atoms with Crippen molar-refractivity contribution in [2.24, 2.45) is 5.92 Å². The summed E-state index contributed by atoms with van der Waals surface area (Å²) in [5, 5.41) is 8.97. The van der Waals surface area contributed by atoms with Gasteiger partial charge in [0, 0.05) is 13.1 Å². The monoisotopic (exact) mass is 275 g/mol. The zero-order chi connectivity index (χ0) is 14.5. The summed E-state index contributed by atoms with van der Waals surface area (Å²) in [4.78, 5) is 25.2. The normalized spacial score (nSPS) is 14.1. The van der Waals surface area contributed by atoms with Gasteiger partial charge in [-0.1, -0.05) is 19.1 Å². The maximum atomic E-state index is 12.3. The maximum absolute atomic E-state index is 12.3. The van der Waals surface area contributed by atoms with Crippen molar-refractivity contribution in [1.29, 1.82) is 0 Å². The van der Waals surface area contributed by atoms with Gasteiger partial charge in [0.25, 0.3) is 0 Å². The first-order valence-electron chi connectivity index (χ1n) is 7.20. The van der Waals surface area contributed by atoms with Crippen molar-refractivity contribution in [2.75, 3.05) is 13.1 Å². The summed E-state index contributed by atoms with van der Waals surface area (Å²) < 4.78 is 0. The number of carboxylic acids is 1. The molecule has 1 amide bonds. The summed E-state index contributed by atoms with van der Waals surface area (Å²) >= 11 is 0. The molecule has 1 aliphatic carbocycles. The molecule has 0 aromatic heterocycles. The molecule has 0 atom stereocenters. The van der Waals surface area contributed by atoms with Gasteiger partial charge in [-0.25, -0.2) is 4.79 Å². The number of aromatic carboxylic acids is 1. The van der Waals surface area contributed by atoms with Crippen LogP contribution in [-0.4, -0.2) is 35.0 Å². The van der Waals surface area contributed by atoms with Gasteiger partial charge in [0.2, 0.25) is 5.91 Å². The second-order valence-corrected chi connectivity index (χ2v) is 5.47. The second-order valence-electron chi connectivity index (χ2n) is 5.47. The predicted molar refractivity (Wildman–Crippen MR) is 76.7 cm³/mol. The number of hydrogen-bond donors (Lipinski definition) is 1. The average Bonchev–Trinajstić information content (AvgIpc) is 3.22. The van der Waals surface area contributed by atoms with Crippen molar-refractivity contribution >= 4 is 11.9 Å². The van der Waals surface area contributed by atoms with Gasteiger partial charge in [0.15, 0.2) is 0 Å². The average molecular weight is 275 g/mol. The van der Waals surface area contributed by atoms with E-state index in [2.05, 4.69) is 6.92 Å². The molecule has 1 saturated carbocycles.